The molecule has 1 amide bonds. The highest BCUT2D eigenvalue weighted by molar-refractivity contribution is 5.94. The summed E-state index contributed by atoms with van der Waals surface area (Å²) < 4.78 is 14.5. The molecule has 1 aliphatic heterocycles. The molecule has 1 saturated heterocycles. The molecule has 2 aromatic carbocycles. The van der Waals surface area contributed by atoms with Crippen LogP contribution >= 0.6 is 0 Å². The zero-order valence-corrected chi connectivity index (χ0v) is 17.6. The number of nitrogens with zero attached hydrogens (tertiary/aromatic N) is 3. The van der Waals surface area contributed by atoms with Crippen molar-refractivity contribution in [2.24, 2.45) is 5.92 Å². The lowest BCUT2D eigenvalue weighted by atomic mass is 9.95. The molecule has 160 valence electrons. The van der Waals surface area contributed by atoms with Crippen molar-refractivity contribution < 1.29 is 9.18 Å². The van der Waals surface area contributed by atoms with Crippen molar-refractivity contribution in [2.45, 2.75) is 26.7 Å². The molecule has 0 unspecified atom stereocenters. The Hall–Kier alpha value is -3.48. The van der Waals surface area contributed by atoms with Gasteiger partial charge in [-0.25, -0.2) is 4.39 Å². The van der Waals surface area contributed by atoms with Crippen molar-refractivity contribution in [3.05, 3.63) is 81.9 Å². The smallest absolute Gasteiger partial charge is 0.271 e. The van der Waals surface area contributed by atoms with Crippen molar-refractivity contribution in [1.82, 2.24) is 9.78 Å². The third-order valence-corrected chi connectivity index (χ3v) is 5.78. The molecule has 4 rings (SSSR count). The standard InChI is InChI=1S/C24H25FN4O2/c1-16-4-3-5-17(2)23(16)26-24(31)18-12-14-28(15-13-18)21-10-11-22(30)29(27-21)20-8-6-19(25)7-9-20/h3-11,18H,12-15H2,1-2H3,(H,26,31). The topological polar surface area (TPSA) is 67.2 Å². The third kappa shape index (κ3) is 4.50. The number of aromatic nitrogens is 2. The number of benzene rings is 2. The van der Waals surface area contributed by atoms with Crippen molar-refractivity contribution in [2.75, 3.05) is 23.3 Å². The summed E-state index contributed by atoms with van der Waals surface area (Å²) >= 11 is 0. The Labute approximate surface area is 180 Å². The molecule has 6 nitrogen and oxygen atoms in total. The summed E-state index contributed by atoms with van der Waals surface area (Å²) in [6.45, 7) is 5.32. The number of carbonyl (C=O) groups is 1. The first-order valence-electron chi connectivity index (χ1n) is 10.4. The van der Waals surface area contributed by atoms with Gasteiger partial charge in [-0.2, -0.15) is 4.68 Å². The number of anilines is 2. The van der Waals surface area contributed by atoms with Crippen LogP contribution in [-0.4, -0.2) is 28.8 Å². The van der Waals surface area contributed by atoms with Crippen LogP contribution in [0.1, 0.15) is 24.0 Å². The Morgan fingerprint density at radius 2 is 1.65 bits per heavy atom. The molecule has 0 saturated carbocycles. The highest BCUT2D eigenvalue weighted by atomic mass is 19.1. The van der Waals surface area contributed by atoms with Crippen LogP contribution in [0.2, 0.25) is 0 Å². The van der Waals surface area contributed by atoms with Crippen LogP contribution < -0.4 is 15.8 Å². The van der Waals surface area contributed by atoms with Crippen molar-refractivity contribution in [1.29, 1.82) is 0 Å². The number of aryl methyl sites for hydroxylation is 2. The van der Waals surface area contributed by atoms with E-state index < -0.39 is 0 Å². The maximum Gasteiger partial charge on any atom is 0.271 e. The van der Waals surface area contributed by atoms with E-state index in [2.05, 4.69) is 15.3 Å². The molecule has 1 aromatic heterocycles. The fraction of sp³-hybridized carbons (Fsp3) is 0.292. The maximum absolute atomic E-state index is 13.2. The highest BCUT2D eigenvalue weighted by Crippen LogP contribution is 2.25. The van der Waals surface area contributed by atoms with Gasteiger partial charge >= 0.3 is 0 Å². The largest absolute Gasteiger partial charge is 0.355 e. The molecule has 3 aromatic rings. The number of para-hydroxylation sites is 1. The number of rotatable bonds is 4. The van der Waals surface area contributed by atoms with E-state index in [-0.39, 0.29) is 23.2 Å². The number of halogens is 1. The number of hydrogen-bond acceptors (Lipinski definition) is 4. The van der Waals surface area contributed by atoms with Gasteiger partial charge in [0.25, 0.3) is 5.56 Å². The van der Waals surface area contributed by atoms with Gasteiger partial charge in [0.2, 0.25) is 5.91 Å². The van der Waals surface area contributed by atoms with Gasteiger partial charge < -0.3 is 10.2 Å². The summed E-state index contributed by atoms with van der Waals surface area (Å²) in [7, 11) is 0. The van der Waals surface area contributed by atoms with E-state index in [1.165, 1.54) is 35.0 Å². The second-order valence-corrected chi connectivity index (χ2v) is 7.94. The van der Waals surface area contributed by atoms with Gasteiger partial charge in [0.05, 0.1) is 5.69 Å². The van der Waals surface area contributed by atoms with E-state index in [0.717, 1.165) is 16.8 Å². The van der Waals surface area contributed by atoms with Crippen molar-refractivity contribution in [3.8, 4) is 5.69 Å². The Morgan fingerprint density at radius 1 is 1.00 bits per heavy atom. The number of carbonyl (C=O) groups excluding carboxylic acids is 1. The van der Waals surface area contributed by atoms with Crippen LogP contribution in [0.25, 0.3) is 5.69 Å². The van der Waals surface area contributed by atoms with Gasteiger partial charge in [0.1, 0.15) is 11.6 Å². The number of amides is 1. The molecule has 0 radical (unpaired) electrons. The predicted molar refractivity (Wildman–Crippen MR) is 119 cm³/mol. The summed E-state index contributed by atoms with van der Waals surface area (Å²) in [5, 5.41) is 7.56. The van der Waals surface area contributed by atoms with E-state index in [1.807, 2.05) is 32.0 Å². The van der Waals surface area contributed by atoms with E-state index in [4.69, 9.17) is 0 Å². The monoisotopic (exact) mass is 420 g/mol. The van der Waals surface area contributed by atoms with Crippen LogP contribution in [0.4, 0.5) is 15.9 Å². The lowest BCUT2D eigenvalue weighted by molar-refractivity contribution is -0.120. The van der Waals surface area contributed by atoms with Crippen LogP contribution in [0.15, 0.2) is 59.4 Å². The number of piperidine rings is 1. The third-order valence-electron chi connectivity index (χ3n) is 5.78. The molecular weight excluding hydrogens is 395 g/mol. The number of hydrogen-bond donors (Lipinski definition) is 1. The molecule has 7 heteroatoms. The second kappa shape index (κ2) is 8.71. The van der Waals surface area contributed by atoms with Crippen LogP contribution in [0.5, 0.6) is 0 Å². The van der Waals surface area contributed by atoms with Crippen molar-refractivity contribution >= 4 is 17.4 Å². The van der Waals surface area contributed by atoms with Gasteiger partial charge in [-0.05, 0) is 68.1 Å². The van der Waals surface area contributed by atoms with Crippen LogP contribution in [0, 0.1) is 25.6 Å². The SMILES string of the molecule is Cc1cccc(C)c1NC(=O)C1CCN(c2ccc(=O)n(-c3ccc(F)cc3)n2)CC1. The van der Waals surface area contributed by atoms with E-state index in [1.54, 1.807) is 6.07 Å². The fourth-order valence-corrected chi connectivity index (χ4v) is 3.95. The highest BCUT2D eigenvalue weighted by Gasteiger charge is 2.26. The Bertz CT molecular complexity index is 1130. The molecule has 0 bridgehead atoms. The molecule has 1 fully saturated rings. The first-order chi connectivity index (χ1) is 14.9. The minimum absolute atomic E-state index is 0.0429. The lowest BCUT2D eigenvalue weighted by Gasteiger charge is -2.32. The van der Waals surface area contributed by atoms with Crippen LogP contribution in [0.3, 0.4) is 0 Å². The van der Waals surface area contributed by atoms with E-state index in [0.29, 0.717) is 37.4 Å². The quantitative estimate of drug-likeness (QED) is 0.696. The average Bonchev–Trinajstić information content (AvgIpc) is 2.77. The fourth-order valence-electron chi connectivity index (χ4n) is 3.95. The first-order valence-corrected chi connectivity index (χ1v) is 10.4. The van der Waals surface area contributed by atoms with Gasteiger partial charge in [0.15, 0.2) is 0 Å². The molecule has 0 aliphatic carbocycles. The Morgan fingerprint density at radius 3 is 2.29 bits per heavy atom. The van der Waals surface area contributed by atoms with E-state index in [9.17, 15) is 14.0 Å². The zero-order valence-electron chi connectivity index (χ0n) is 17.6. The minimum Gasteiger partial charge on any atom is -0.355 e. The predicted octanol–water partition coefficient (Wildman–Crippen LogP) is 3.84. The molecule has 1 N–H and O–H groups in total. The molecular formula is C24H25FN4O2. The zero-order chi connectivity index (χ0) is 22.0. The summed E-state index contributed by atoms with van der Waals surface area (Å²) in [6, 6.07) is 14.8. The lowest BCUT2D eigenvalue weighted by Crippen LogP contribution is -2.39. The summed E-state index contributed by atoms with van der Waals surface area (Å²) in [5.41, 5.74) is 3.23. The normalized spacial score (nSPS) is 14.5. The van der Waals surface area contributed by atoms with Gasteiger partial charge in [0, 0.05) is 30.8 Å². The minimum atomic E-state index is -0.366. The molecule has 0 atom stereocenters. The van der Waals surface area contributed by atoms with Crippen molar-refractivity contribution in [3.63, 3.8) is 0 Å². The first kappa shape index (κ1) is 20.8. The molecule has 2 heterocycles. The van der Waals surface area contributed by atoms with Gasteiger partial charge in [-0.1, -0.05) is 18.2 Å². The second-order valence-electron chi connectivity index (χ2n) is 7.94. The summed E-state index contributed by atoms with van der Waals surface area (Å²) in [4.78, 5) is 27.1. The van der Waals surface area contributed by atoms with E-state index >= 15 is 0 Å². The Kier molecular flexibility index (Phi) is 5.84. The van der Waals surface area contributed by atoms with Gasteiger partial charge in [-0.3, -0.25) is 9.59 Å². The molecule has 0 spiro atoms. The maximum atomic E-state index is 13.2. The van der Waals surface area contributed by atoms with Gasteiger partial charge in [-0.15, -0.1) is 5.10 Å². The summed E-state index contributed by atoms with van der Waals surface area (Å²) in [5.74, 6) is 0.270. The molecule has 1 aliphatic rings. The molecule has 31 heavy (non-hydrogen) atoms. The summed E-state index contributed by atoms with van der Waals surface area (Å²) in [6.07, 6.45) is 1.40. The number of nitrogens with one attached hydrogen (secondary N) is 1. The average molecular weight is 420 g/mol. The Balaban J connectivity index is 1.44. The van der Waals surface area contributed by atoms with Crippen LogP contribution in [-0.2, 0) is 4.79 Å².